The van der Waals surface area contributed by atoms with Gasteiger partial charge in [-0.3, -0.25) is 0 Å². The predicted octanol–water partition coefficient (Wildman–Crippen LogP) is 3.76. The molecule has 0 bridgehead atoms. The van der Waals surface area contributed by atoms with Gasteiger partial charge in [-0.25, -0.2) is 4.68 Å². The topological polar surface area (TPSA) is 29.9 Å². The maximum absolute atomic E-state index is 6.15. The van der Waals surface area contributed by atoms with Gasteiger partial charge < -0.3 is 5.32 Å². The molecule has 0 aliphatic heterocycles. The SMILES string of the molecule is Cc1ccc(-n2cc(CCCNC(C)C)cn2)cc1Cl. The van der Waals surface area contributed by atoms with E-state index in [-0.39, 0.29) is 0 Å². The van der Waals surface area contributed by atoms with Gasteiger partial charge in [0.15, 0.2) is 0 Å². The lowest BCUT2D eigenvalue weighted by molar-refractivity contribution is 0.570. The molecule has 0 saturated heterocycles. The van der Waals surface area contributed by atoms with Crippen LogP contribution in [0.1, 0.15) is 31.4 Å². The standard InChI is InChI=1S/C16H22ClN3/c1-12(2)18-8-4-5-14-10-19-20(11-14)15-7-6-13(3)16(17)9-15/h6-7,9-12,18H,4-5,8H2,1-3H3. The smallest absolute Gasteiger partial charge is 0.0660 e. The summed E-state index contributed by atoms with van der Waals surface area (Å²) in [6.45, 7) is 7.37. The molecule has 2 aromatic rings. The summed E-state index contributed by atoms with van der Waals surface area (Å²) in [6.07, 6.45) is 6.18. The third-order valence-corrected chi connectivity index (χ3v) is 3.66. The van der Waals surface area contributed by atoms with Crippen molar-refractivity contribution in [3.63, 3.8) is 0 Å². The van der Waals surface area contributed by atoms with Crippen molar-refractivity contribution in [3.05, 3.63) is 46.7 Å². The molecule has 0 saturated carbocycles. The van der Waals surface area contributed by atoms with Crippen LogP contribution < -0.4 is 5.32 Å². The summed E-state index contributed by atoms with van der Waals surface area (Å²) in [5, 5.41) is 8.61. The second-order valence-electron chi connectivity index (χ2n) is 5.44. The molecule has 0 amide bonds. The van der Waals surface area contributed by atoms with Crippen LogP contribution in [-0.2, 0) is 6.42 Å². The number of rotatable bonds is 6. The van der Waals surface area contributed by atoms with Crippen molar-refractivity contribution in [1.29, 1.82) is 0 Å². The normalized spacial score (nSPS) is 11.2. The first-order valence-electron chi connectivity index (χ1n) is 7.09. The van der Waals surface area contributed by atoms with Crippen LogP contribution in [-0.4, -0.2) is 22.4 Å². The van der Waals surface area contributed by atoms with Gasteiger partial charge in [0.05, 0.1) is 11.9 Å². The largest absolute Gasteiger partial charge is 0.315 e. The summed E-state index contributed by atoms with van der Waals surface area (Å²) in [4.78, 5) is 0. The molecular formula is C16H22ClN3. The summed E-state index contributed by atoms with van der Waals surface area (Å²) in [5.41, 5.74) is 3.35. The second-order valence-corrected chi connectivity index (χ2v) is 5.85. The molecule has 20 heavy (non-hydrogen) atoms. The van der Waals surface area contributed by atoms with Crippen LogP contribution in [0.15, 0.2) is 30.6 Å². The molecule has 1 aromatic heterocycles. The van der Waals surface area contributed by atoms with Gasteiger partial charge in [0, 0.05) is 17.3 Å². The Balaban J connectivity index is 1.96. The van der Waals surface area contributed by atoms with E-state index < -0.39 is 0 Å². The highest BCUT2D eigenvalue weighted by Crippen LogP contribution is 2.19. The fourth-order valence-electron chi connectivity index (χ4n) is 2.04. The second kappa shape index (κ2) is 6.91. The van der Waals surface area contributed by atoms with Crippen LogP contribution in [0.3, 0.4) is 0 Å². The first kappa shape index (κ1) is 15.1. The predicted molar refractivity (Wildman–Crippen MR) is 84.8 cm³/mol. The minimum atomic E-state index is 0.549. The number of aromatic nitrogens is 2. The summed E-state index contributed by atoms with van der Waals surface area (Å²) in [7, 11) is 0. The van der Waals surface area contributed by atoms with E-state index in [0.717, 1.165) is 35.7 Å². The van der Waals surface area contributed by atoms with Crippen LogP contribution in [0.25, 0.3) is 5.69 Å². The van der Waals surface area contributed by atoms with E-state index in [1.165, 1.54) is 5.56 Å². The van der Waals surface area contributed by atoms with Gasteiger partial charge in [0.1, 0.15) is 0 Å². The number of halogens is 1. The van der Waals surface area contributed by atoms with Gasteiger partial charge in [0.2, 0.25) is 0 Å². The van der Waals surface area contributed by atoms with Crippen molar-refractivity contribution in [3.8, 4) is 5.69 Å². The highest BCUT2D eigenvalue weighted by Gasteiger charge is 2.03. The summed E-state index contributed by atoms with van der Waals surface area (Å²) < 4.78 is 1.89. The molecule has 108 valence electrons. The molecule has 0 fully saturated rings. The van der Waals surface area contributed by atoms with Crippen molar-refractivity contribution < 1.29 is 0 Å². The van der Waals surface area contributed by atoms with Gasteiger partial charge in [-0.2, -0.15) is 5.10 Å². The molecular weight excluding hydrogens is 270 g/mol. The van der Waals surface area contributed by atoms with Gasteiger partial charge in [-0.05, 0) is 49.6 Å². The molecule has 0 spiro atoms. The number of aryl methyl sites for hydroxylation is 2. The maximum Gasteiger partial charge on any atom is 0.0660 e. The number of benzene rings is 1. The quantitative estimate of drug-likeness (QED) is 0.821. The molecule has 3 nitrogen and oxygen atoms in total. The Bertz CT molecular complexity index is 561. The lowest BCUT2D eigenvalue weighted by Gasteiger charge is -2.06. The minimum Gasteiger partial charge on any atom is -0.315 e. The zero-order valence-corrected chi connectivity index (χ0v) is 13.1. The molecule has 4 heteroatoms. The van der Waals surface area contributed by atoms with E-state index in [2.05, 4.69) is 30.5 Å². The molecule has 0 aliphatic carbocycles. The van der Waals surface area contributed by atoms with Crippen LogP contribution in [0.2, 0.25) is 5.02 Å². The average molecular weight is 292 g/mol. The van der Waals surface area contributed by atoms with Crippen molar-refractivity contribution >= 4 is 11.6 Å². The summed E-state index contributed by atoms with van der Waals surface area (Å²) in [5.74, 6) is 0. The molecule has 1 heterocycles. The average Bonchev–Trinajstić information content (AvgIpc) is 2.86. The zero-order chi connectivity index (χ0) is 14.5. The van der Waals surface area contributed by atoms with Crippen molar-refractivity contribution in [2.45, 2.75) is 39.7 Å². The Labute approximate surface area is 126 Å². The van der Waals surface area contributed by atoms with Gasteiger partial charge in [-0.15, -0.1) is 0 Å². The van der Waals surface area contributed by atoms with Crippen LogP contribution in [0.4, 0.5) is 0 Å². The van der Waals surface area contributed by atoms with Crippen molar-refractivity contribution in [1.82, 2.24) is 15.1 Å². The summed E-state index contributed by atoms with van der Waals surface area (Å²) in [6, 6.07) is 6.56. The monoisotopic (exact) mass is 291 g/mol. The third kappa shape index (κ3) is 4.09. The third-order valence-electron chi connectivity index (χ3n) is 3.25. The van der Waals surface area contributed by atoms with E-state index >= 15 is 0 Å². The molecule has 0 unspecified atom stereocenters. The highest BCUT2D eigenvalue weighted by atomic mass is 35.5. The lowest BCUT2D eigenvalue weighted by atomic mass is 10.2. The van der Waals surface area contributed by atoms with E-state index in [9.17, 15) is 0 Å². The molecule has 1 N–H and O–H groups in total. The van der Waals surface area contributed by atoms with Crippen LogP contribution in [0, 0.1) is 6.92 Å². The first-order valence-corrected chi connectivity index (χ1v) is 7.47. The van der Waals surface area contributed by atoms with Gasteiger partial charge >= 0.3 is 0 Å². The molecule has 0 atom stereocenters. The van der Waals surface area contributed by atoms with E-state index in [1.54, 1.807) is 0 Å². The van der Waals surface area contributed by atoms with Gasteiger partial charge in [0.25, 0.3) is 0 Å². The van der Waals surface area contributed by atoms with Crippen molar-refractivity contribution in [2.24, 2.45) is 0 Å². The number of nitrogens with one attached hydrogen (secondary N) is 1. The summed E-state index contributed by atoms with van der Waals surface area (Å²) >= 11 is 6.15. The fraction of sp³-hybridized carbons (Fsp3) is 0.438. The zero-order valence-electron chi connectivity index (χ0n) is 12.4. The van der Waals surface area contributed by atoms with E-state index in [1.807, 2.05) is 36.0 Å². The molecule has 2 rings (SSSR count). The lowest BCUT2D eigenvalue weighted by Crippen LogP contribution is -2.23. The fourth-order valence-corrected chi connectivity index (χ4v) is 2.21. The molecule has 0 aliphatic rings. The van der Waals surface area contributed by atoms with Crippen LogP contribution >= 0.6 is 11.6 Å². The maximum atomic E-state index is 6.15. The molecule has 1 aromatic carbocycles. The molecule has 0 radical (unpaired) electrons. The Morgan fingerprint density at radius 3 is 2.85 bits per heavy atom. The van der Waals surface area contributed by atoms with Gasteiger partial charge in [-0.1, -0.05) is 31.5 Å². The Hall–Kier alpha value is -1.32. The Morgan fingerprint density at radius 1 is 1.35 bits per heavy atom. The van der Waals surface area contributed by atoms with Crippen molar-refractivity contribution in [2.75, 3.05) is 6.54 Å². The first-order chi connectivity index (χ1) is 9.56. The van der Waals surface area contributed by atoms with E-state index in [0.29, 0.717) is 6.04 Å². The number of nitrogens with zero attached hydrogens (tertiary/aromatic N) is 2. The number of hydrogen-bond acceptors (Lipinski definition) is 2. The number of hydrogen-bond donors (Lipinski definition) is 1. The van der Waals surface area contributed by atoms with E-state index in [4.69, 9.17) is 11.6 Å². The minimum absolute atomic E-state index is 0.549. The highest BCUT2D eigenvalue weighted by molar-refractivity contribution is 6.31. The van der Waals surface area contributed by atoms with Crippen LogP contribution in [0.5, 0.6) is 0 Å². The Morgan fingerprint density at radius 2 is 2.15 bits per heavy atom. The Kier molecular flexibility index (Phi) is 5.21.